The van der Waals surface area contributed by atoms with Gasteiger partial charge in [-0.1, -0.05) is 6.07 Å². The molecule has 0 spiro atoms. The highest BCUT2D eigenvalue weighted by Gasteiger charge is 2.33. The zero-order valence-corrected chi connectivity index (χ0v) is 14.5. The Labute approximate surface area is 154 Å². The van der Waals surface area contributed by atoms with Gasteiger partial charge in [-0.05, 0) is 49.1 Å². The summed E-state index contributed by atoms with van der Waals surface area (Å²) in [6.07, 6.45) is 4.57. The molecule has 0 saturated heterocycles. The summed E-state index contributed by atoms with van der Waals surface area (Å²) in [5.41, 5.74) is -0.0728. The summed E-state index contributed by atoms with van der Waals surface area (Å²) in [5, 5.41) is 25.6. The van der Waals surface area contributed by atoms with Crippen LogP contribution in [-0.2, 0) is 6.54 Å². The predicted molar refractivity (Wildman–Crippen MR) is 95.8 cm³/mol. The van der Waals surface area contributed by atoms with Crippen molar-refractivity contribution in [3.05, 3.63) is 60.4 Å². The molecule has 1 fully saturated rings. The Kier molecular flexibility index (Phi) is 4.81. The first kappa shape index (κ1) is 17.5. The number of halogens is 2. The SMILES string of the molecule is O[C@@H]1CC(Cn2cccn2)C[C@H]1Nc1ccc(-c2c(F)cccc2F)nn1. The van der Waals surface area contributed by atoms with Crippen LogP contribution < -0.4 is 5.32 Å². The third-order valence-electron chi connectivity index (χ3n) is 4.85. The third kappa shape index (κ3) is 3.80. The lowest BCUT2D eigenvalue weighted by atomic mass is 10.1. The molecule has 1 aromatic carbocycles. The van der Waals surface area contributed by atoms with E-state index in [1.807, 2.05) is 16.9 Å². The maximum atomic E-state index is 13.9. The summed E-state index contributed by atoms with van der Waals surface area (Å²) in [5.74, 6) is -0.605. The van der Waals surface area contributed by atoms with Gasteiger partial charge in [-0.25, -0.2) is 8.78 Å². The molecule has 1 saturated carbocycles. The highest BCUT2D eigenvalue weighted by Crippen LogP contribution is 2.30. The number of aliphatic hydroxyl groups is 1. The van der Waals surface area contributed by atoms with Crippen molar-refractivity contribution in [2.45, 2.75) is 31.5 Å². The Morgan fingerprint density at radius 3 is 2.56 bits per heavy atom. The summed E-state index contributed by atoms with van der Waals surface area (Å²) in [6, 6.07) is 8.51. The van der Waals surface area contributed by atoms with Crippen LogP contribution in [0.4, 0.5) is 14.6 Å². The molecule has 0 bridgehead atoms. The molecule has 8 heteroatoms. The van der Waals surface area contributed by atoms with Crippen molar-refractivity contribution in [2.75, 3.05) is 5.32 Å². The number of anilines is 1. The standard InChI is InChI=1S/C19H19F2N5O/c20-13-3-1-4-14(21)19(13)15-5-6-18(25-24-15)23-16-9-12(10-17(16)27)11-26-8-2-7-22-26/h1-8,12,16-17,27H,9-11H2,(H,23,25)/t12?,16-,17-/m1/s1. The summed E-state index contributed by atoms with van der Waals surface area (Å²) >= 11 is 0. The van der Waals surface area contributed by atoms with E-state index in [1.165, 1.54) is 24.3 Å². The topological polar surface area (TPSA) is 75.9 Å². The molecule has 1 aliphatic carbocycles. The number of aliphatic hydroxyl groups excluding tert-OH is 1. The number of nitrogens with zero attached hydrogens (tertiary/aromatic N) is 4. The van der Waals surface area contributed by atoms with Crippen molar-refractivity contribution < 1.29 is 13.9 Å². The molecular weight excluding hydrogens is 352 g/mol. The summed E-state index contributed by atoms with van der Waals surface area (Å²) in [7, 11) is 0. The maximum Gasteiger partial charge on any atom is 0.148 e. The van der Waals surface area contributed by atoms with Gasteiger partial charge in [-0.3, -0.25) is 4.68 Å². The van der Waals surface area contributed by atoms with Gasteiger partial charge in [0.1, 0.15) is 17.5 Å². The number of hydrogen-bond acceptors (Lipinski definition) is 5. The van der Waals surface area contributed by atoms with E-state index in [4.69, 9.17) is 0 Å². The molecule has 1 aliphatic rings. The number of hydrogen-bond donors (Lipinski definition) is 2. The first-order valence-electron chi connectivity index (χ1n) is 8.80. The minimum atomic E-state index is -0.683. The Hall–Kier alpha value is -2.87. The van der Waals surface area contributed by atoms with Crippen molar-refractivity contribution in [3.8, 4) is 11.3 Å². The largest absolute Gasteiger partial charge is 0.391 e. The van der Waals surface area contributed by atoms with Gasteiger partial charge in [-0.15, -0.1) is 10.2 Å². The fourth-order valence-electron chi connectivity index (χ4n) is 3.57. The fraction of sp³-hybridized carbons (Fsp3) is 0.316. The zero-order chi connectivity index (χ0) is 18.8. The lowest BCUT2D eigenvalue weighted by Gasteiger charge is -2.16. The van der Waals surface area contributed by atoms with Crippen LogP contribution in [0.25, 0.3) is 11.3 Å². The van der Waals surface area contributed by atoms with E-state index in [2.05, 4.69) is 20.6 Å². The molecule has 2 heterocycles. The number of nitrogens with one attached hydrogen (secondary N) is 1. The van der Waals surface area contributed by atoms with Crippen LogP contribution >= 0.6 is 0 Å². The van der Waals surface area contributed by atoms with Crippen LogP contribution in [0, 0.1) is 17.6 Å². The first-order chi connectivity index (χ1) is 13.1. The van der Waals surface area contributed by atoms with E-state index in [9.17, 15) is 13.9 Å². The highest BCUT2D eigenvalue weighted by atomic mass is 19.1. The number of benzene rings is 1. The van der Waals surface area contributed by atoms with Gasteiger partial charge in [0.05, 0.1) is 23.4 Å². The van der Waals surface area contributed by atoms with Crippen LogP contribution in [0.3, 0.4) is 0 Å². The highest BCUT2D eigenvalue weighted by molar-refractivity contribution is 5.61. The summed E-state index contributed by atoms with van der Waals surface area (Å²) < 4.78 is 29.6. The second kappa shape index (κ2) is 7.40. The quantitative estimate of drug-likeness (QED) is 0.721. The molecule has 6 nitrogen and oxygen atoms in total. The third-order valence-corrected chi connectivity index (χ3v) is 4.85. The van der Waals surface area contributed by atoms with Crippen LogP contribution in [0.2, 0.25) is 0 Å². The molecule has 27 heavy (non-hydrogen) atoms. The molecule has 3 aromatic rings. The van der Waals surface area contributed by atoms with Crippen molar-refractivity contribution in [1.29, 1.82) is 0 Å². The Morgan fingerprint density at radius 1 is 1.07 bits per heavy atom. The Balaban J connectivity index is 1.43. The van der Waals surface area contributed by atoms with Gasteiger partial charge in [0.25, 0.3) is 0 Å². The average Bonchev–Trinajstić information content (AvgIpc) is 3.27. The molecule has 0 radical (unpaired) electrons. The summed E-state index contributed by atoms with van der Waals surface area (Å²) in [4.78, 5) is 0. The maximum absolute atomic E-state index is 13.9. The molecule has 2 N–H and O–H groups in total. The normalized spacial score (nSPS) is 22.1. The Morgan fingerprint density at radius 2 is 1.89 bits per heavy atom. The summed E-state index contributed by atoms with van der Waals surface area (Å²) in [6.45, 7) is 0.749. The minimum absolute atomic E-state index is 0.125. The van der Waals surface area contributed by atoms with Crippen molar-refractivity contribution >= 4 is 5.82 Å². The van der Waals surface area contributed by atoms with Gasteiger partial charge in [0.15, 0.2) is 0 Å². The molecule has 140 valence electrons. The van der Waals surface area contributed by atoms with Crippen LogP contribution in [0.1, 0.15) is 12.8 Å². The average molecular weight is 371 g/mol. The van der Waals surface area contributed by atoms with E-state index in [-0.39, 0.29) is 17.3 Å². The van der Waals surface area contributed by atoms with Crippen LogP contribution in [0.5, 0.6) is 0 Å². The van der Waals surface area contributed by atoms with E-state index in [0.29, 0.717) is 18.2 Å². The van der Waals surface area contributed by atoms with Crippen molar-refractivity contribution in [3.63, 3.8) is 0 Å². The lowest BCUT2D eigenvalue weighted by molar-refractivity contribution is 0.166. The van der Waals surface area contributed by atoms with Crippen LogP contribution in [0.15, 0.2) is 48.8 Å². The zero-order valence-electron chi connectivity index (χ0n) is 14.5. The molecular formula is C19H19F2N5O. The first-order valence-corrected chi connectivity index (χ1v) is 8.80. The van der Waals surface area contributed by atoms with Gasteiger partial charge < -0.3 is 10.4 Å². The van der Waals surface area contributed by atoms with E-state index < -0.39 is 17.7 Å². The second-order valence-corrected chi connectivity index (χ2v) is 6.78. The molecule has 1 unspecified atom stereocenters. The lowest BCUT2D eigenvalue weighted by Crippen LogP contribution is -2.28. The van der Waals surface area contributed by atoms with Gasteiger partial charge in [-0.2, -0.15) is 5.10 Å². The molecule has 4 rings (SSSR count). The number of rotatable bonds is 5. The monoisotopic (exact) mass is 371 g/mol. The molecule has 0 amide bonds. The second-order valence-electron chi connectivity index (χ2n) is 6.78. The van der Waals surface area contributed by atoms with E-state index >= 15 is 0 Å². The van der Waals surface area contributed by atoms with Crippen molar-refractivity contribution in [1.82, 2.24) is 20.0 Å². The predicted octanol–water partition coefficient (Wildman–Crippen LogP) is 2.87. The van der Waals surface area contributed by atoms with Gasteiger partial charge in [0.2, 0.25) is 0 Å². The molecule has 0 aliphatic heterocycles. The molecule has 2 aromatic heterocycles. The van der Waals surface area contributed by atoms with Gasteiger partial charge >= 0.3 is 0 Å². The van der Waals surface area contributed by atoms with Crippen molar-refractivity contribution in [2.24, 2.45) is 5.92 Å². The van der Waals surface area contributed by atoms with Gasteiger partial charge in [0, 0.05) is 18.9 Å². The minimum Gasteiger partial charge on any atom is -0.391 e. The molecule has 3 atom stereocenters. The fourth-order valence-corrected chi connectivity index (χ4v) is 3.57. The number of aromatic nitrogens is 4. The van der Waals surface area contributed by atoms with E-state index in [0.717, 1.165) is 13.0 Å². The van der Waals surface area contributed by atoms with E-state index in [1.54, 1.807) is 12.3 Å². The van der Waals surface area contributed by atoms with Crippen LogP contribution in [-0.4, -0.2) is 37.2 Å². The Bertz CT molecular complexity index is 881. The smallest absolute Gasteiger partial charge is 0.148 e.